The predicted molar refractivity (Wildman–Crippen MR) is 121 cm³/mol. The molecule has 0 saturated carbocycles. The number of aromatic amines is 1. The van der Waals surface area contributed by atoms with E-state index in [0.717, 1.165) is 42.0 Å². The summed E-state index contributed by atoms with van der Waals surface area (Å²) in [6, 6.07) is 14.8. The van der Waals surface area contributed by atoms with E-state index in [2.05, 4.69) is 103 Å². The van der Waals surface area contributed by atoms with Crippen LogP contribution in [0.2, 0.25) is 0 Å². The van der Waals surface area contributed by atoms with Crippen molar-refractivity contribution < 1.29 is 0 Å². The van der Waals surface area contributed by atoms with Crippen LogP contribution in [0.5, 0.6) is 0 Å². The minimum atomic E-state index is -0.335. The highest BCUT2D eigenvalue weighted by Crippen LogP contribution is 2.27. The summed E-state index contributed by atoms with van der Waals surface area (Å²) in [5.41, 5.74) is 6.85. The van der Waals surface area contributed by atoms with Crippen molar-refractivity contribution in [1.82, 2.24) is 30.5 Å². The van der Waals surface area contributed by atoms with E-state index in [1.54, 1.807) is 0 Å². The van der Waals surface area contributed by atoms with E-state index in [1.165, 1.54) is 22.2 Å². The minimum absolute atomic E-state index is 0.335. The van der Waals surface area contributed by atoms with Gasteiger partial charge in [-0.05, 0) is 73.7 Å². The van der Waals surface area contributed by atoms with Crippen molar-refractivity contribution in [2.24, 2.45) is 0 Å². The van der Waals surface area contributed by atoms with Gasteiger partial charge in [0.1, 0.15) is 0 Å². The topological polar surface area (TPSA) is 71.4 Å². The molecule has 6 nitrogen and oxygen atoms in total. The molecule has 2 aromatic heterocycles. The zero-order valence-electron chi connectivity index (χ0n) is 18.5. The molecule has 0 saturated heterocycles. The molecule has 0 bridgehead atoms. The Bertz CT molecular complexity index is 1150. The maximum absolute atomic E-state index is 4.43. The summed E-state index contributed by atoms with van der Waals surface area (Å²) in [6.07, 6.45) is 1.82. The molecule has 6 heteroatoms. The summed E-state index contributed by atoms with van der Waals surface area (Å²) < 4.78 is 1.90. The number of hydrogen-bond acceptors (Lipinski definition) is 4. The molecule has 0 amide bonds. The number of rotatable bonds is 7. The lowest BCUT2D eigenvalue weighted by atomic mass is 9.96. The number of para-hydroxylation sites is 2. The molecule has 0 unspecified atom stereocenters. The SMILES string of the molecule is CC[C@](C)(NCCc1c(C)[nH]c2ccccc12)c1nnnn1-c1c(C)cccc1C. The number of benzene rings is 2. The molecule has 30 heavy (non-hydrogen) atoms. The lowest BCUT2D eigenvalue weighted by Crippen LogP contribution is -2.42. The molecule has 0 aliphatic rings. The average Bonchev–Trinajstić information content (AvgIpc) is 3.33. The Kier molecular flexibility index (Phi) is 5.43. The van der Waals surface area contributed by atoms with E-state index in [0.29, 0.717) is 0 Å². The summed E-state index contributed by atoms with van der Waals surface area (Å²) in [5.74, 6) is 0.845. The van der Waals surface area contributed by atoms with Crippen LogP contribution in [-0.4, -0.2) is 31.7 Å². The molecular weight excluding hydrogens is 372 g/mol. The zero-order valence-corrected chi connectivity index (χ0v) is 18.5. The standard InChI is InChI=1S/C24H30N6/c1-6-24(5,23-27-28-29-30(23)22-16(2)10-9-11-17(22)3)25-15-14-19-18(4)26-21-13-8-7-12-20(19)21/h7-13,25-26H,6,14-15H2,1-5H3/t24-/m0/s1. The van der Waals surface area contributed by atoms with Crippen LogP contribution < -0.4 is 5.32 Å². The summed E-state index contributed by atoms with van der Waals surface area (Å²) in [6.45, 7) is 11.6. The third kappa shape index (κ3) is 3.52. The molecule has 2 N–H and O–H groups in total. The molecule has 4 rings (SSSR count). The lowest BCUT2D eigenvalue weighted by Gasteiger charge is -2.29. The van der Waals surface area contributed by atoms with Gasteiger partial charge in [0.2, 0.25) is 0 Å². The van der Waals surface area contributed by atoms with Crippen LogP contribution in [0.3, 0.4) is 0 Å². The zero-order chi connectivity index (χ0) is 21.3. The van der Waals surface area contributed by atoms with E-state index in [1.807, 2.05) is 4.68 Å². The fourth-order valence-corrected chi connectivity index (χ4v) is 4.30. The highest BCUT2D eigenvalue weighted by Gasteiger charge is 2.31. The van der Waals surface area contributed by atoms with Gasteiger partial charge in [-0.2, -0.15) is 4.68 Å². The van der Waals surface area contributed by atoms with Crippen molar-refractivity contribution in [3.05, 3.63) is 70.7 Å². The van der Waals surface area contributed by atoms with Gasteiger partial charge < -0.3 is 10.3 Å². The highest BCUT2D eigenvalue weighted by molar-refractivity contribution is 5.84. The van der Waals surface area contributed by atoms with Crippen molar-refractivity contribution >= 4 is 10.9 Å². The second-order valence-electron chi connectivity index (χ2n) is 8.29. The van der Waals surface area contributed by atoms with E-state index in [9.17, 15) is 0 Å². The van der Waals surface area contributed by atoms with Crippen molar-refractivity contribution in [3.63, 3.8) is 0 Å². The van der Waals surface area contributed by atoms with Crippen LogP contribution in [0.15, 0.2) is 42.5 Å². The third-order valence-electron chi connectivity index (χ3n) is 6.24. The van der Waals surface area contributed by atoms with Crippen molar-refractivity contribution in [2.75, 3.05) is 6.54 Å². The van der Waals surface area contributed by atoms with Gasteiger partial charge in [0.25, 0.3) is 0 Å². The Morgan fingerprint density at radius 3 is 2.50 bits per heavy atom. The van der Waals surface area contributed by atoms with Gasteiger partial charge in [0.05, 0.1) is 11.2 Å². The predicted octanol–water partition coefficient (Wildman–Crippen LogP) is 4.53. The molecule has 0 radical (unpaired) electrons. The Hall–Kier alpha value is -2.99. The van der Waals surface area contributed by atoms with Gasteiger partial charge >= 0.3 is 0 Å². The largest absolute Gasteiger partial charge is 0.358 e. The molecule has 0 fully saturated rings. The number of aryl methyl sites for hydroxylation is 3. The van der Waals surface area contributed by atoms with Gasteiger partial charge in [-0.25, -0.2) is 0 Å². The van der Waals surface area contributed by atoms with Gasteiger partial charge in [0.15, 0.2) is 5.82 Å². The molecule has 0 aliphatic heterocycles. The number of nitrogens with one attached hydrogen (secondary N) is 2. The van der Waals surface area contributed by atoms with Crippen molar-refractivity contribution in [1.29, 1.82) is 0 Å². The van der Waals surface area contributed by atoms with Gasteiger partial charge in [-0.15, -0.1) is 5.10 Å². The fraction of sp³-hybridized carbons (Fsp3) is 0.375. The van der Waals surface area contributed by atoms with Gasteiger partial charge in [-0.1, -0.05) is 43.3 Å². The maximum atomic E-state index is 4.43. The molecule has 156 valence electrons. The number of H-pyrrole nitrogens is 1. The van der Waals surface area contributed by atoms with E-state index in [4.69, 9.17) is 0 Å². The Balaban J connectivity index is 1.60. The summed E-state index contributed by atoms with van der Waals surface area (Å²) in [5, 5.41) is 17.9. The molecule has 1 atom stereocenters. The molecule has 2 heterocycles. The average molecular weight is 403 g/mol. The van der Waals surface area contributed by atoms with Crippen molar-refractivity contribution in [2.45, 2.75) is 53.0 Å². The van der Waals surface area contributed by atoms with E-state index in [-0.39, 0.29) is 5.54 Å². The maximum Gasteiger partial charge on any atom is 0.176 e. The first-order valence-electron chi connectivity index (χ1n) is 10.6. The molecule has 0 spiro atoms. The third-order valence-corrected chi connectivity index (χ3v) is 6.24. The Morgan fingerprint density at radius 1 is 1.03 bits per heavy atom. The lowest BCUT2D eigenvalue weighted by molar-refractivity contribution is 0.328. The van der Waals surface area contributed by atoms with E-state index < -0.39 is 0 Å². The second-order valence-corrected chi connectivity index (χ2v) is 8.29. The van der Waals surface area contributed by atoms with Crippen LogP contribution in [0.4, 0.5) is 0 Å². The van der Waals surface area contributed by atoms with Crippen LogP contribution in [0, 0.1) is 20.8 Å². The number of tetrazole rings is 1. The first-order chi connectivity index (χ1) is 14.4. The Morgan fingerprint density at radius 2 is 1.77 bits per heavy atom. The first kappa shape index (κ1) is 20.3. The molecule has 0 aliphatic carbocycles. The smallest absolute Gasteiger partial charge is 0.176 e. The second kappa shape index (κ2) is 8.03. The molecule has 4 aromatic rings. The van der Waals surface area contributed by atoms with E-state index >= 15 is 0 Å². The Labute approximate surface area is 177 Å². The van der Waals surface area contributed by atoms with Crippen LogP contribution in [0.1, 0.15) is 48.5 Å². The number of fused-ring (bicyclic) bond motifs is 1. The quantitative estimate of drug-likeness (QED) is 0.477. The normalized spacial score (nSPS) is 13.6. The van der Waals surface area contributed by atoms with Crippen LogP contribution >= 0.6 is 0 Å². The van der Waals surface area contributed by atoms with Gasteiger partial charge in [0, 0.05) is 23.1 Å². The summed E-state index contributed by atoms with van der Waals surface area (Å²) in [4.78, 5) is 3.50. The highest BCUT2D eigenvalue weighted by atomic mass is 15.6. The monoisotopic (exact) mass is 402 g/mol. The number of nitrogens with zero attached hydrogens (tertiary/aromatic N) is 4. The van der Waals surface area contributed by atoms with Gasteiger partial charge in [-0.3, -0.25) is 0 Å². The van der Waals surface area contributed by atoms with Crippen molar-refractivity contribution in [3.8, 4) is 5.69 Å². The minimum Gasteiger partial charge on any atom is -0.358 e. The molecular formula is C24H30N6. The molecule has 2 aromatic carbocycles. The fourth-order valence-electron chi connectivity index (χ4n) is 4.30. The summed E-state index contributed by atoms with van der Waals surface area (Å²) >= 11 is 0. The van der Waals surface area contributed by atoms with Crippen LogP contribution in [0.25, 0.3) is 16.6 Å². The van der Waals surface area contributed by atoms with Crippen LogP contribution in [-0.2, 0) is 12.0 Å². The number of hydrogen-bond donors (Lipinski definition) is 2. The number of aromatic nitrogens is 5. The first-order valence-corrected chi connectivity index (χ1v) is 10.6. The summed E-state index contributed by atoms with van der Waals surface area (Å²) in [7, 11) is 0.